The highest BCUT2D eigenvalue weighted by atomic mass is 16.5. The maximum Gasteiger partial charge on any atom is 0.264 e. The Labute approximate surface area is 255 Å². The molecule has 3 N–H and O–H groups in total. The van der Waals surface area contributed by atoms with E-state index in [0.717, 1.165) is 58.3 Å². The van der Waals surface area contributed by atoms with Crippen LogP contribution in [0.1, 0.15) is 60.9 Å². The lowest BCUT2D eigenvalue weighted by Crippen LogP contribution is -2.31. The van der Waals surface area contributed by atoms with E-state index in [9.17, 15) is 9.59 Å². The molecule has 2 atom stereocenters. The molecule has 8 nitrogen and oxygen atoms in total. The Morgan fingerprint density at radius 2 is 1.84 bits per heavy atom. The minimum absolute atomic E-state index is 0.0161. The fourth-order valence-electron chi connectivity index (χ4n) is 5.72. The van der Waals surface area contributed by atoms with Gasteiger partial charge in [0.25, 0.3) is 11.8 Å². The van der Waals surface area contributed by atoms with Crippen molar-refractivity contribution in [2.45, 2.75) is 52.0 Å². The van der Waals surface area contributed by atoms with Gasteiger partial charge in [0.1, 0.15) is 5.57 Å². The van der Waals surface area contributed by atoms with Crippen molar-refractivity contribution in [3.63, 3.8) is 0 Å². The quantitative estimate of drug-likeness (QED) is 0.169. The molecule has 1 aromatic heterocycles. The van der Waals surface area contributed by atoms with Crippen molar-refractivity contribution >= 4 is 17.5 Å². The average molecular weight is 582 g/mol. The van der Waals surface area contributed by atoms with Crippen molar-refractivity contribution < 1.29 is 14.3 Å². The van der Waals surface area contributed by atoms with Crippen LogP contribution in [-0.4, -0.2) is 54.9 Å². The monoisotopic (exact) mass is 581 g/mol. The third-order valence-corrected chi connectivity index (χ3v) is 8.21. The summed E-state index contributed by atoms with van der Waals surface area (Å²) in [7, 11) is 6.76. The number of carbonyl (C=O) groups is 2. The van der Waals surface area contributed by atoms with Gasteiger partial charge < -0.3 is 25.6 Å². The Kier molecular flexibility index (Phi) is 9.71. The molecule has 0 bridgehead atoms. The smallest absolute Gasteiger partial charge is 0.264 e. The highest BCUT2D eigenvalue weighted by Crippen LogP contribution is 2.42. The number of pyridine rings is 1. The number of nitrogens with zero attached hydrogens (tertiary/aromatic N) is 3. The Hall–Kier alpha value is -4.43. The van der Waals surface area contributed by atoms with Gasteiger partial charge in [0, 0.05) is 50.2 Å². The maximum atomic E-state index is 13.6. The number of aryl methyl sites for hydroxylation is 1. The van der Waals surface area contributed by atoms with Gasteiger partial charge in [-0.15, -0.1) is 0 Å². The van der Waals surface area contributed by atoms with Crippen LogP contribution < -0.4 is 15.8 Å². The van der Waals surface area contributed by atoms with E-state index in [2.05, 4.69) is 56.9 Å². The molecule has 0 fully saturated rings. The number of ether oxygens (including phenoxy) is 1. The number of methoxy groups -OCH3 is 1. The fraction of sp³-hybridized carbons (Fsp3) is 0.343. The van der Waals surface area contributed by atoms with Gasteiger partial charge in [0.15, 0.2) is 0 Å². The molecule has 43 heavy (non-hydrogen) atoms. The molecule has 0 saturated heterocycles. The van der Waals surface area contributed by atoms with Crippen molar-refractivity contribution in [1.29, 1.82) is 0 Å². The fourth-order valence-corrected chi connectivity index (χ4v) is 5.72. The second-order valence-corrected chi connectivity index (χ2v) is 11.3. The summed E-state index contributed by atoms with van der Waals surface area (Å²) in [5.74, 6) is -0.205. The number of hydrogen-bond acceptors (Lipinski definition) is 6. The summed E-state index contributed by atoms with van der Waals surface area (Å²) in [6.45, 7) is 10.0. The molecule has 2 aromatic carbocycles. The Balaban J connectivity index is 1.82. The molecule has 3 aromatic rings. The number of nitrogens with two attached hydrogens (primary N) is 1. The van der Waals surface area contributed by atoms with Gasteiger partial charge >= 0.3 is 0 Å². The maximum absolute atomic E-state index is 13.6. The molecule has 4 rings (SSSR count). The minimum Gasteiger partial charge on any atom is -0.481 e. The van der Waals surface area contributed by atoms with E-state index in [1.807, 2.05) is 18.2 Å². The van der Waals surface area contributed by atoms with Crippen LogP contribution in [0.2, 0.25) is 0 Å². The zero-order valence-electron chi connectivity index (χ0n) is 26.3. The van der Waals surface area contributed by atoms with Crippen LogP contribution >= 0.6 is 0 Å². The number of amides is 2. The number of nitrogens with one attached hydrogen (secondary N) is 1. The SMILES string of the molecule is C=CN(C)C(=O)/C(=C\N(C)C)C(=O)Nc1cccc(-c2cccc(-c3cc4c(c(OC)n3)C(N)CC4)c2C)c1C(C)CC. The van der Waals surface area contributed by atoms with Gasteiger partial charge in [0.2, 0.25) is 5.88 Å². The number of likely N-dealkylation sites (N-methyl/N-ethyl adjacent to an activating group) is 1. The highest BCUT2D eigenvalue weighted by molar-refractivity contribution is 6.23. The second kappa shape index (κ2) is 13.3. The van der Waals surface area contributed by atoms with Gasteiger partial charge in [-0.25, -0.2) is 4.98 Å². The molecule has 0 saturated carbocycles. The molecule has 0 radical (unpaired) electrons. The van der Waals surface area contributed by atoms with Crippen LogP contribution in [0.3, 0.4) is 0 Å². The van der Waals surface area contributed by atoms with Crippen LogP contribution in [0, 0.1) is 6.92 Å². The molecule has 2 unspecified atom stereocenters. The van der Waals surface area contributed by atoms with E-state index in [1.165, 1.54) is 22.9 Å². The topological polar surface area (TPSA) is 101 Å². The van der Waals surface area contributed by atoms with E-state index in [4.69, 9.17) is 15.5 Å². The summed E-state index contributed by atoms with van der Waals surface area (Å²) in [6.07, 6.45) is 5.56. The summed E-state index contributed by atoms with van der Waals surface area (Å²) in [4.78, 5) is 34.5. The first-order chi connectivity index (χ1) is 20.5. The number of fused-ring (bicyclic) bond motifs is 1. The molecule has 0 aliphatic heterocycles. The summed E-state index contributed by atoms with van der Waals surface area (Å²) < 4.78 is 5.67. The van der Waals surface area contributed by atoms with E-state index in [-0.39, 0.29) is 17.5 Å². The Bertz CT molecular complexity index is 1580. The first-order valence-electron chi connectivity index (χ1n) is 14.7. The normalized spacial score (nSPS) is 15.0. The molecule has 2 amide bonds. The van der Waals surface area contributed by atoms with Crippen molar-refractivity contribution in [2.24, 2.45) is 5.73 Å². The summed E-state index contributed by atoms with van der Waals surface area (Å²) in [5.41, 5.74) is 15.2. The van der Waals surface area contributed by atoms with Crippen molar-refractivity contribution in [1.82, 2.24) is 14.8 Å². The van der Waals surface area contributed by atoms with Gasteiger partial charge in [0.05, 0.1) is 12.8 Å². The molecular weight excluding hydrogens is 538 g/mol. The first kappa shape index (κ1) is 31.5. The molecule has 1 aliphatic rings. The van der Waals surface area contributed by atoms with Gasteiger partial charge in [-0.3, -0.25) is 9.59 Å². The third-order valence-electron chi connectivity index (χ3n) is 8.21. The van der Waals surface area contributed by atoms with Crippen molar-refractivity contribution in [3.8, 4) is 28.3 Å². The predicted molar refractivity (Wildman–Crippen MR) is 174 cm³/mol. The van der Waals surface area contributed by atoms with E-state index < -0.39 is 11.8 Å². The number of hydrogen-bond donors (Lipinski definition) is 2. The second-order valence-electron chi connectivity index (χ2n) is 11.3. The van der Waals surface area contributed by atoms with Crippen LogP contribution in [0.25, 0.3) is 22.4 Å². The first-order valence-corrected chi connectivity index (χ1v) is 14.7. The van der Waals surface area contributed by atoms with Crippen LogP contribution in [0.4, 0.5) is 5.69 Å². The van der Waals surface area contributed by atoms with E-state index in [0.29, 0.717) is 11.6 Å². The molecule has 226 valence electrons. The molecule has 1 heterocycles. The van der Waals surface area contributed by atoms with Crippen molar-refractivity contribution in [3.05, 3.63) is 89.3 Å². The number of aromatic nitrogens is 1. The zero-order chi connectivity index (χ0) is 31.4. The van der Waals surface area contributed by atoms with E-state index >= 15 is 0 Å². The summed E-state index contributed by atoms with van der Waals surface area (Å²) in [6, 6.07) is 14.2. The van der Waals surface area contributed by atoms with Crippen LogP contribution in [0.15, 0.2) is 67.0 Å². The zero-order valence-corrected chi connectivity index (χ0v) is 26.3. The number of carbonyl (C=O) groups excluding carboxylic acids is 2. The van der Waals surface area contributed by atoms with Crippen LogP contribution in [-0.2, 0) is 16.0 Å². The number of rotatable bonds is 10. The lowest BCUT2D eigenvalue weighted by molar-refractivity contribution is -0.126. The Morgan fingerprint density at radius 3 is 2.49 bits per heavy atom. The predicted octanol–water partition coefficient (Wildman–Crippen LogP) is 6.18. The summed E-state index contributed by atoms with van der Waals surface area (Å²) in [5, 5.41) is 3.06. The molecule has 0 spiro atoms. The Morgan fingerprint density at radius 1 is 1.16 bits per heavy atom. The minimum atomic E-state index is -0.479. The number of benzene rings is 2. The van der Waals surface area contributed by atoms with Crippen LogP contribution in [0.5, 0.6) is 5.88 Å². The third kappa shape index (κ3) is 6.34. The van der Waals surface area contributed by atoms with Gasteiger partial charge in [-0.05, 0) is 78.3 Å². The molecule has 1 aliphatic carbocycles. The lowest BCUT2D eigenvalue weighted by atomic mass is 9.85. The van der Waals surface area contributed by atoms with Crippen molar-refractivity contribution in [2.75, 3.05) is 33.6 Å². The average Bonchev–Trinajstić information content (AvgIpc) is 3.38. The summed E-state index contributed by atoms with van der Waals surface area (Å²) >= 11 is 0. The highest BCUT2D eigenvalue weighted by Gasteiger charge is 2.27. The van der Waals surface area contributed by atoms with Gasteiger partial charge in [-0.2, -0.15) is 0 Å². The van der Waals surface area contributed by atoms with E-state index in [1.54, 1.807) is 33.2 Å². The molecule has 8 heteroatoms. The standard InChI is InChI=1S/C35H43N5O3/c1-9-21(3)31-26(15-12-16-29(31)37-33(41)27(20-39(5)6)35(42)40(7)10-2)24-13-11-14-25(22(24)4)30-19-23-17-18-28(36)32(23)34(38-30)43-8/h10-16,19-21,28H,2,9,17-18,36H2,1,3-8H3,(H,37,41)/b27-20-. The van der Waals surface area contributed by atoms with Gasteiger partial charge in [-0.1, -0.05) is 50.8 Å². The number of anilines is 1. The largest absolute Gasteiger partial charge is 0.481 e. The molecular formula is C35H43N5O3. The lowest BCUT2D eigenvalue weighted by Gasteiger charge is -2.23.